The topological polar surface area (TPSA) is 78.9 Å². The summed E-state index contributed by atoms with van der Waals surface area (Å²) in [6.07, 6.45) is 58.0. The molecule has 0 aliphatic heterocycles. The van der Waals surface area contributed by atoms with Crippen molar-refractivity contribution in [3.8, 4) is 0 Å². The maximum absolute atomic E-state index is 12.9. The van der Waals surface area contributed by atoms with Crippen LogP contribution in [0.15, 0.2) is 0 Å². The fraction of sp³-hybridized carbons (Fsp3) is 0.949. The van der Waals surface area contributed by atoms with E-state index >= 15 is 0 Å². The van der Waals surface area contributed by atoms with E-state index in [1.165, 1.54) is 231 Å². The lowest BCUT2D eigenvalue weighted by Crippen LogP contribution is -2.30. The van der Waals surface area contributed by atoms with E-state index in [1.807, 2.05) is 0 Å². The second-order valence-corrected chi connectivity index (χ2v) is 20.5. The van der Waals surface area contributed by atoms with Crippen LogP contribution >= 0.6 is 0 Å². The Balaban J connectivity index is 4.28. The Bertz CT molecular complexity index is 982. The minimum atomic E-state index is -0.762. The van der Waals surface area contributed by atoms with Crippen LogP contribution < -0.4 is 0 Å². The van der Waals surface area contributed by atoms with Gasteiger partial charge in [-0.1, -0.05) is 297 Å². The molecule has 0 aromatic carbocycles. The number of hydrogen-bond donors (Lipinski definition) is 0. The van der Waals surface area contributed by atoms with Gasteiger partial charge in [0.25, 0.3) is 0 Å². The number of ether oxygens (including phenoxy) is 3. The van der Waals surface area contributed by atoms with Crippen LogP contribution in [0.5, 0.6) is 0 Å². The van der Waals surface area contributed by atoms with Crippen molar-refractivity contribution in [1.82, 2.24) is 0 Å². The molecule has 0 saturated heterocycles. The van der Waals surface area contributed by atoms with Gasteiger partial charge in [-0.15, -0.1) is 0 Å². The zero-order valence-corrected chi connectivity index (χ0v) is 44.5. The smallest absolute Gasteiger partial charge is 0.306 e. The van der Waals surface area contributed by atoms with Gasteiger partial charge in [0.2, 0.25) is 0 Å². The largest absolute Gasteiger partial charge is 0.462 e. The van der Waals surface area contributed by atoms with E-state index < -0.39 is 6.10 Å². The minimum Gasteiger partial charge on any atom is -0.462 e. The molecule has 0 heterocycles. The van der Waals surface area contributed by atoms with E-state index in [0.29, 0.717) is 19.3 Å². The van der Waals surface area contributed by atoms with Crippen LogP contribution in [-0.2, 0) is 28.6 Å². The average molecular weight is 920 g/mol. The molecular formula is C59H114O6. The summed E-state index contributed by atoms with van der Waals surface area (Å²) in [6, 6.07) is 0. The van der Waals surface area contributed by atoms with E-state index in [0.717, 1.165) is 63.7 Å². The number of carbonyl (C=O) groups is 3. The van der Waals surface area contributed by atoms with E-state index in [-0.39, 0.29) is 31.1 Å². The molecule has 6 nitrogen and oxygen atoms in total. The molecule has 0 aliphatic carbocycles. The number of unbranched alkanes of at least 4 members (excludes halogenated alkanes) is 40. The monoisotopic (exact) mass is 919 g/mol. The van der Waals surface area contributed by atoms with Crippen molar-refractivity contribution in [2.75, 3.05) is 13.2 Å². The van der Waals surface area contributed by atoms with Gasteiger partial charge in [-0.2, -0.15) is 0 Å². The summed E-state index contributed by atoms with van der Waals surface area (Å²) in [4.78, 5) is 38.1. The van der Waals surface area contributed by atoms with Gasteiger partial charge < -0.3 is 14.2 Å². The standard InChI is InChI=1S/C59H114O6/c1-5-8-10-12-14-16-18-20-21-22-28-32-36-40-44-48-52-59(62)65-56(53-63-57(60)50-46-42-38-34-30-25-19-17-15-13-11-9-6-2)54-64-58(61)51-47-43-39-35-31-27-24-23-26-29-33-37-41-45-49-55(4)7-3/h55-56H,5-54H2,1-4H3/t55?,56-/m0/s1. The second-order valence-electron chi connectivity index (χ2n) is 20.5. The van der Waals surface area contributed by atoms with Gasteiger partial charge in [0, 0.05) is 19.3 Å². The Morgan fingerprint density at radius 1 is 0.308 bits per heavy atom. The molecule has 6 heteroatoms. The van der Waals surface area contributed by atoms with Gasteiger partial charge in [-0.25, -0.2) is 0 Å². The predicted octanol–water partition coefficient (Wildman–Crippen LogP) is 19.4. The van der Waals surface area contributed by atoms with Crippen LogP contribution in [0.4, 0.5) is 0 Å². The fourth-order valence-corrected chi connectivity index (χ4v) is 9.07. The van der Waals surface area contributed by atoms with Crippen LogP contribution in [0.25, 0.3) is 0 Å². The summed E-state index contributed by atoms with van der Waals surface area (Å²) in [5, 5.41) is 0. The zero-order chi connectivity index (χ0) is 47.4. The lowest BCUT2D eigenvalue weighted by atomic mass is 9.99. The van der Waals surface area contributed by atoms with Crippen molar-refractivity contribution >= 4 is 17.9 Å². The molecule has 0 saturated carbocycles. The summed E-state index contributed by atoms with van der Waals surface area (Å²) < 4.78 is 16.9. The van der Waals surface area contributed by atoms with Crippen molar-refractivity contribution in [3.05, 3.63) is 0 Å². The Hall–Kier alpha value is -1.59. The molecule has 65 heavy (non-hydrogen) atoms. The highest BCUT2D eigenvalue weighted by Gasteiger charge is 2.19. The molecule has 0 rings (SSSR count). The molecule has 2 atom stereocenters. The fourth-order valence-electron chi connectivity index (χ4n) is 9.07. The van der Waals surface area contributed by atoms with Gasteiger partial charge in [0.15, 0.2) is 6.10 Å². The van der Waals surface area contributed by atoms with E-state index in [2.05, 4.69) is 27.7 Å². The third kappa shape index (κ3) is 51.6. The molecule has 0 radical (unpaired) electrons. The van der Waals surface area contributed by atoms with E-state index in [9.17, 15) is 14.4 Å². The van der Waals surface area contributed by atoms with Gasteiger partial charge in [-0.05, 0) is 25.2 Å². The lowest BCUT2D eigenvalue weighted by Gasteiger charge is -2.18. The van der Waals surface area contributed by atoms with Crippen molar-refractivity contribution in [1.29, 1.82) is 0 Å². The molecule has 0 aromatic rings. The van der Waals surface area contributed by atoms with Crippen molar-refractivity contribution in [2.45, 2.75) is 342 Å². The van der Waals surface area contributed by atoms with Crippen LogP contribution in [0, 0.1) is 5.92 Å². The summed E-state index contributed by atoms with van der Waals surface area (Å²) in [5.41, 5.74) is 0. The summed E-state index contributed by atoms with van der Waals surface area (Å²) >= 11 is 0. The number of hydrogen-bond acceptors (Lipinski definition) is 6. The van der Waals surface area contributed by atoms with Crippen molar-refractivity contribution in [2.24, 2.45) is 5.92 Å². The highest BCUT2D eigenvalue weighted by atomic mass is 16.6. The Morgan fingerprint density at radius 2 is 0.538 bits per heavy atom. The molecule has 0 aliphatic rings. The van der Waals surface area contributed by atoms with Crippen LogP contribution in [0.3, 0.4) is 0 Å². The molecule has 0 aromatic heterocycles. The minimum absolute atomic E-state index is 0.0617. The molecule has 0 amide bonds. The van der Waals surface area contributed by atoms with Gasteiger partial charge in [0.1, 0.15) is 13.2 Å². The van der Waals surface area contributed by atoms with Crippen molar-refractivity contribution in [3.63, 3.8) is 0 Å². The third-order valence-corrected chi connectivity index (χ3v) is 13.9. The van der Waals surface area contributed by atoms with Crippen LogP contribution in [0.2, 0.25) is 0 Å². The summed E-state index contributed by atoms with van der Waals surface area (Å²) in [6.45, 7) is 9.10. The van der Waals surface area contributed by atoms with Gasteiger partial charge in [0.05, 0.1) is 0 Å². The van der Waals surface area contributed by atoms with Crippen LogP contribution in [-0.4, -0.2) is 37.2 Å². The molecule has 1 unspecified atom stereocenters. The SMILES string of the molecule is CCCCCCCCCCCCCCCCCCC(=O)O[C@@H](COC(=O)CCCCCCCCCCCCCCC)COC(=O)CCCCCCCCCCCCCCCCC(C)CC. The van der Waals surface area contributed by atoms with Crippen molar-refractivity contribution < 1.29 is 28.6 Å². The first-order valence-corrected chi connectivity index (χ1v) is 29.4. The van der Waals surface area contributed by atoms with Crippen LogP contribution in [0.1, 0.15) is 336 Å². The molecular weight excluding hydrogens is 805 g/mol. The Morgan fingerprint density at radius 3 is 0.800 bits per heavy atom. The number of esters is 3. The second kappa shape index (κ2) is 53.4. The Kier molecular flexibility index (Phi) is 52.1. The quantitative estimate of drug-likeness (QED) is 0.0344. The number of carbonyl (C=O) groups excluding carboxylic acids is 3. The maximum Gasteiger partial charge on any atom is 0.306 e. The highest BCUT2D eigenvalue weighted by molar-refractivity contribution is 5.71. The van der Waals surface area contributed by atoms with Gasteiger partial charge in [-0.3, -0.25) is 14.4 Å². The molecule has 0 bridgehead atoms. The maximum atomic E-state index is 12.9. The first-order chi connectivity index (χ1) is 31.9. The third-order valence-electron chi connectivity index (χ3n) is 13.9. The first kappa shape index (κ1) is 63.4. The molecule has 0 spiro atoms. The number of rotatable bonds is 54. The Labute approximate surface area is 406 Å². The molecule has 0 fully saturated rings. The normalized spacial score (nSPS) is 12.4. The molecule has 0 N–H and O–H groups in total. The molecule has 386 valence electrons. The van der Waals surface area contributed by atoms with E-state index in [1.54, 1.807) is 0 Å². The highest BCUT2D eigenvalue weighted by Crippen LogP contribution is 2.18. The summed E-state index contributed by atoms with van der Waals surface area (Å²) in [7, 11) is 0. The van der Waals surface area contributed by atoms with E-state index in [4.69, 9.17) is 14.2 Å². The average Bonchev–Trinajstić information content (AvgIpc) is 3.30. The summed E-state index contributed by atoms with van der Waals surface area (Å²) in [5.74, 6) is 0.0621. The first-order valence-electron chi connectivity index (χ1n) is 29.4. The van der Waals surface area contributed by atoms with Gasteiger partial charge >= 0.3 is 17.9 Å². The zero-order valence-electron chi connectivity index (χ0n) is 44.5. The predicted molar refractivity (Wildman–Crippen MR) is 280 cm³/mol. The lowest BCUT2D eigenvalue weighted by molar-refractivity contribution is -0.167.